The third-order valence-corrected chi connectivity index (χ3v) is 7.15. The van der Waals surface area contributed by atoms with Gasteiger partial charge in [0.2, 0.25) is 5.78 Å². The summed E-state index contributed by atoms with van der Waals surface area (Å²) in [5, 5.41) is 10.6. The summed E-state index contributed by atoms with van der Waals surface area (Å²) < 4.78 is 23.7. The van der Waals surface area contributed by atoms with Crippen LogP contribution in [0.4, 0.5) is 0 Å². The molecule has 184 valence electrons. The maximum atomic E-state index is 12.7. The second kappa shape index (κ2) is 9.90. The van der Waals surface area contributed by atoms with Crippen LogP contribution in [0.15, 0.2) is 34.6 Å². The number of fused-ring (bicyclic) bond motifs is 1. The van der Waals surface area contributed by atoms with E-state index < -0.39 is 35.0 Å². The van der Waals surface area contributed by atoms with Crippen molar-refractivity contribution in [3.63, 3.8) is 0 Å². The zero-order valence-corrected chi connectivity index (χ0v) is 21.0. The van der Waals surface area contributed by atoms with Crippen molar-refractivity contribution in [2.75, 3.05) is 6.61 Å². The van der Waals surface area contributed by atoms with Crippen LogP contribution in [-0.2, 0) is 28.5 Å². The lowest BCUT2D eigenvalue weighted by Crippen LogP contribution is -2.57. The summed E-state index contributed by atoms with van der Waals surface area (Å²) in [6.45, 7) is 11.0. The summed E-state index contributed by atoms with van der Waals surface area (Å²) in [6, 6.07) is 0. The van der Waals surface area contributed by atoms with Crippen LogP contribution in [-0.4, -0.2) is 53.2 Å². The summed E-state index contributed by atoms with van der Waals surface area (Å²) >= 11 is 6.35. The lowest BCUT2D eigenvalue weighted by Gasteiger charge is -2.42. The van der Waals surface area contributed by atoms with Gasteiger partial charge in [-0.05, 0) is 50.0 Å². The van der Waals surface area contributed by atoms with Crippen molar-refractivity contribution in [1.82, 2.24) is 0 Å². The summed E-state index contributed by atoms with van der Waals surface area (Å²) in [5.74, 6) is -1.03. The van der Waals surface area contributed by atoms with Crippen molar-refractivity contribution in [3.8, 4) is 0 Å². The number of ketones is 1. The first-order valence-electron chi connectivity index (χ1n) is 11.7. The summed E-state index contributed by atoms with van der Waals surface area (Å²) in [6.07, 6.45) is 6.69. The number of aliphatic hydroxyl groups is 1. The molecular formula is C25H35ClO7. The molecule has 0 aromatic heterocycles. The Morgan fingerprint density at radius 3 is 2.70 bits per heavy atom. The number of hydrogen-bond acceptors (Lipinski definition) is 7. The van der Waals surface area contributed by atoms with Crippen LogP contribution >= 0.6 is 11.6 Å². The quantitative estimate of drug-likeness (QED) is 0.544. The van der Waals surface area contributed by atoms with Gasteiger partial charge in [-0.15, -0.1) is 0 Å². The first-order chi connectivity index (χ1) is 15.4. The fourth-order valence-corrected chi connectivity index (χ4v) is 5.12. The standard InChI is InChI=1S/C25H35ClO7/c1-7-9-19-32-22(14(3)8-2)24(5,33-19)11-10-16-12-17-18(13-30-16)23(31-15(4)27)25(6,29)21(28)20(17)26/h10-12,14,18-19,22-23,29H,7-9,13H2,1-6H3. The molecule has 0 radical (unpaired) electrons. The van der Waals surface area contributed by atoms with Crippen LogP contribution in [0.3, 0.4) is 0 Å². The normalized spacial score (nSPS) is 37.6. The molecule has 0 aromatic carbocycles. The minimum atomic E-state index is -1.93. The van der Waals surface area contributed by atoms with E-state index >= 15 is 0 Å². The van der Waals surface area contributed by atoms with E-state index in [1.807, 2.05) is 13.0 Å². The zero-order valence-electron chi connectivity index (χ0n) is 20.2. The van der Waals surface area contributed by atoms with E-state index in [2.05, 4.69) is 20.8 Å². The van der Waals surface area contributed by atoms with Crippen molar-refractivity contribution in [2.45, 2.75) is 90.5 Å². The molecule has 33 heavy (non-hydrogen) atoms. The monoisotopic (exact) mass is 482 g/mol. The van der Waals surface area contributed by atoms with E-state index in [4.69, 9.17) is 30.5 Å². The zero-order chi connectivity index (χ0) is 24.6. The molecule has 1 N–H and O–H groups in total. The Balaban J connectivity index is 1.90. The molecule has 1 fully saturated rings. The van der Waals surface area contributed by atoms with Gasteiger partial charge in [0.1, 0.15) is 17.5 Å². The van der Waals surface area contributed by atoms with Gasteiger partial charge < -0.3 is 24.1 Å². The van der Waals surface area contributed by atoms with Crippen LogP contribution in [0.25, 0.3) is 0 Å². The molecule has 3 rings (SSSR count). The number of carbonyl (C=O) groups excluding carboxylic acids is 2. The minimum Gasteiger partial charge on any atom is -0.493 e. The summed E-state index contributed by atoms with van der Waals surface area (Å²) in [5.41, 5.74) is -2.08. The average Bonchev–Trinajstić information content (AvgIpc) is 3.10. The number of ether oxygens (including phenoxy) is 4. The number of Topliss-reactive ketones (excluding diaryl/α,β-unsaturated/α-hetero) is 1. The predicted octanol–water partition coefficient (Wildman–Crippen LogP) is 4.18. The van der Waals surface area contributed by atoms with Gasteiger partial charge in [-0.1, -0.05) is 45.2 Å². The molecular weight excluding hydrogens is 448 g/mol. The summed E-state index contributed by atoms with van der Waals surface area (Å²) in [4.78, 5) is 24.3. The predicted molar refractivity (Wildman–Crippen MR) is 123 cm³/mol. The maximum absolute atomic E-state index is 12.7. The van der Waals surface area contributed by atoms with Gasteiger partial charge in [0.05, 0.1) is 23.7 Å². The van der Waals surface area contributed by atoms with Crippen molar-refractivity contribution in [2.24, 2.45) is 11.8 Å². The van der Waals surface area contributed by atoms with E-state index in [0.29, 0.717) is 17.3 Å². The topological polar surface area (TPSA) is 91.3 Å². The molecule has 0 spiro atoms. The number of halogens is 1. The second-order valence-electron chi connectivity index (χ2n) is 9.54. The Kier molecular flexibility index (Phi) is 7.79. The molecule has 2 heterocycles. The highest BCUT2D eigenvalue weighted by Crippen LogP contribution is 2.42. The lowest BCUT2D eigenvalue weighted by atomic mass is 9.74. The number of esters is 1. The smallest absolute Gasteiger partial charge is 0.303 e. The highest BCUT2D eigenvalue weighted by atomic mass is 35.5. The van der Waals surface area contributed by atoms with Crippen LogP contribution in [0.2, 0.25) is 0 Å². The number of hydrogen-bond donors (Lipinski definition) is 1. The van der Waals surface area contributed by atoms with E-state index in [-0.39, 0.29) is 24.0 Å². The number of allylic oxidation sites excluding steroid dienone is 2. The third kappa shape index (κ3) is 5.06. The van der Waals surface area contributed by atoms with Crippen molar-refractivity contribution >= 4 is 23.4 Å². The Morgan fingerprint density at radius 2 is 2.09 bits per heavy atom. The van der Waals surface area contributed by atoms with Crippen LogP contribution in [0.1, 0.15) is 60.8 Å². The lowest BCUT2D eigenvalue weighted by molar-refractivity contribution is -0.174. The molecule has 0 amide bonds. The van der Waals surface area contributed by atoms with Crippen LogP contribution < -0.4 is 0 Å². The fourth-order valence-electron chi connectivity index (χ4n) is 4.73. The van der Waals surface area contributed by atoms with E-state index in [1.165, 1.54) is 13.8 Å². The van der Waals surface area contributed by atoms with Gasteiger partial charge in [0.25, 0.3) is 0 Å². The molecule has 0 saturated carbocycles. The maximum Gasteiger partial charge on any atom is 0.303 e. The van der Waals surface area contributed by atoms with Gasteiger partial charge in [-0.3, -0.25) is 9.59 Å². The highest BCUT2D eigenvalue weighted by molar-refractivity contribution is 6.44. The van der Waals surface area contributed by atoms with Crippen LogP contribution in [0.5, 0.6) is 0 Å². The average molecular weight is 483 g/mol. The van der Waals surface area contributed by atoms with Crippen molar-refractivity contribution in [1.29, 1.82) is 0 Å². The Bertz CT molecular complexity index is 874. The fraction of sp³-hybridized carbons (Fsp3) is 0.680. The molecule has 1 aliphatic carbocycles. The first kappa shape index (κ1) is 25.9. The Labute approximate surface area is 200 Å². The van der Waals surface area contributed by atoms with Crippen molar-refractivity contribution in [3.05, 3.63) is 34.6 Å². The minimum absolute atomic E-state index is 0.0743. The van der Waals surface area contributed by atoms with E-state index in [9.17, 15) is 14.7 Å². The van der Waals surface area contributed by atoms with Gasteiger partial charge in [-0.25, -0.2) is 0 Å². The number of carbonyl (C=O) groups is 2. The molecule has 7 unspecified atom stereocenters. The molecule has 1 saturated heterocycles. The van der Waals surface area contributed by atoms with Crippen LogP contribution in [0, 0.1) is 11.8 Å². The van der Waals surface area contributed by atoms with E-state index in [1.54, 1.807) is 12.2 Å². The summed E-state index contributed by atoms with van der Waals surface area (Å²) in [7, 11) is 0. The van der Waals surface area contributed by atoms with Gasteiger partial charge in [0.15, 0.2) is 11.9 Å². The van der Waals surface area contributed by atoms with Gasteiger partial charge in [-0.2, -0.15) is 0 Å². The molecule has 3 aliphatic rings. The Morgan fingerprint density at radius 1 is 1.39 bits per heavy atom. The molecule has 2 aliphatic heterocycles. The molecule has 0 bridgehead atoms. The van der Waals surface area contributed by atoms with Crippen molar-refractivity contribution < 1.29 is 33.6 Å². The van der Waals surface area contributed by atoms with Gasteiger partial charge >= 0.3 is 5.97 Å². The molecule has 7 nitrogen and oxygen atoms in total. The molecule has 8 heteroatoms. The third-order valence-electron chi connectivity index (χ3n) is 6.76. The van der Waals surface area contributed by atoms with Gasteiger partial charge in [0, 0.05) is 6.92 Å². The highest BCUT2D eigenvalue weighted by Gasteiger charge is 2.53. The SMILES string of the molecule is CCCC1OC(C(C)CC)C(C)(C=CC2=CC3=C(Cl)C(=O)C(C)(O)C(OC(C)=O)C3CO2)O1. The second-order valence-corrected chi connectivity index (χ2v) is 9.91. The Hall–Kier alpha value is -1.67. The first-order valence-corrected chi connectivity index (χ1v) is 12.0. The van der Waals surface area contributed by atoms with E-state index in [0.717, 1.165) is 19.3 Å². The number of rotatable bonds is 7. The largest absolute Gasteiger partial charge is 0.493 e. The molecule has 7 atom stereocenters. The molecule has 0 aromatic rings.